The Kier molecular flexibility index (Phi) is 6.01. The maximum absolute atomic E-state index is 13.5. The third kappa shape index (κ3) is 4.09. The molecule has 0 amide bonds. The molecule has 1 aliphatic rings. The fourth-order valence-electron chi connectivity index (χ4n) is 4.33. The fourth-order valence-corrected chi connectivity index (χ4v) is 4.33. The molecule has 0 bridgehead atoms. The first-order chi connectivity index (χ1) is 18.7. The molecule has 0 saturated carbocycles. The van der Waals surface area contributed by atoms with Gasteiger partial charge in [0.15, 0.2) is 11.6 Å². The smallest absolute Gasteiger partial charge is 0.281 e. The maximum Gasteiger partial charge on any atom is 0.281 e. The van der Waals surface area contributed by atoms with Crippen molar-refractivity contribution in [2.75, 3.05) is 11.1 Å². The number of carbonyl (C=O) groups excluding carboxylic acids is 2. The highest BCUT2D eigenvalue weighted by Crippen LogP contribution is 2.42. The molecule has 4 aromatic rings. The number of nitrogens with two attached hydrogens (primary N) is 1. The van der Waals surface area contributed by atoms with Gasteiger partial charge in [0.05, 0.1) is 27.3 Å². The number of rotatable bonds is 5. The van der Waals surface area contributed by atoms with Crippen molar-refractivity contribution >= 4 is 46.0 Å². The van der Waals surface area contributed by atoms with Crippen LogP contribution in [0.1, 0.15) is 43.0 Å². The number of fused-ring (bicyclic) bond motifs is 2. The lowest BCUT2D eigenvalue weighted by atomic mass is 9.82. The van der Waals surface area contributed by atoms with E-state index in [4.69, 9.17) is 5.73 Å². The van der Waals surface area contributed by atoms with Crippen molar-refractivity contribution in [2.24, 2.45) is 10.2 Å². The lowest BCUT2D eigenvalue weighted by Crippen LogP contribution is -2.22. The highest BCUT2D eigenvalue weighted by molar-refractivity contribution is 6.32. The molecule has 1 heterocycles. The average Bonchev–Trinajstić information content (AvgIpc) is 2.91. The Balaban J connectivity index is 1.70. The Morgan fingerprint density at radius 1 is 1.00 bits per heavy atom. The van der Waals surface area contributed by atoms with Gasteiger partial charge in [-0.15, -0.1) is 10.2 Å². The van der Waals surface area contributed by atoms with Crippen LogP contribution < -0.4 is 11.1 Å². The van der Waals surface area contributed by atoms with Gasteiger partial charge >= 0.3 is 0 Å². The number of nitriles is 1. The van der Waals surface area contributed by atoms with E-state index in [-0.39, 0.29) is 45.3 Å². The second-order valence-electron chi connectivity index (χ2n) is 8.47. The quantitative estimate of drug-likeness (QED) is 0.155. The first-order valence-electron chi connectivity index (χ1n) is 11.4. The fraction of sp³-hybridized carbons (Fsp3) is 0.0370. The number of phenols is 1. The van der Waals surface area contributed by atoms with E-state index in [0.29, 0.717) is 11.3 Å². The number of nitrogen functional groups attached to an aromatic ring is 1. The van der Waals surface area contributed by atoms with E-state index >= 15 is 0 Å². The first kappa shape index (κ1) is 24.7. The summed E-state index contributed by atoms with van der Waals surface area (Å²) in [4.78, 5) is 42.0. The van der Waals surface area contributed by atoms with Crippen LogP contribution in [-0.2, 0) is 0 Å². The minimum atomic E-state index is -0.884. The normalized spacial score (nSPS) is 12.1. The van der Waals surface area contributed by atoms with Crippen LogP contribution in [0.15, 0.2) is 70.9 Å². The molecule has 12 heteroatoms. The van der Waals surface area contributed by atoms with Crippen molar-refractivity contribution < 1.29 is 19.6 Å². The van der Waals surface area contributed by atoms with Crippen LogP contribution >= 0.6 is 0 Å². The van der Waals surface area contributed by atoms with Gasteiger partial charge in [-0.05, 0) is 31.2 Å². The van der Waals surface area contributed by atoms with Gasteiger partial charge in [0.25, 0.3) is 5.69 Å². The van der Waals surface area contributed by atoms with E-state index in [1.807, 2.05) is 12.1 Å². The van der Waals surface area contributed by atoms with Crippen LogP contribution in [0.4, 0.5) is 34.4 Å². The minimum absolute atomic E-state index is 0.0303. The van der Waals surface area contributed by atoms with E-state index in [1.54, 1.807) is 31.2 Å². The van der Waals surface area contributed by atoms with Crippen LogP contribution in [0.3, 0.4) is 0 Å². The molecule has 0 fully saturated rings. The third-order valence-corrected chi connectivity index (χ3v) is 6.18. The number of pyridine rings is 1. The molecule has 1 aromatic heterocycles. The molecule has 0 radical (unpaired) electrons. The number of hydrogen-bond acceptors (Lipinski definition) is 11. The Bertz CT molecular complexity index is 1790. The summed E-state index contributed by atoms with van der Waals surface area (Å²) in [5.74, 6) is -1.95. The third-order valence-electron chi connectivity index (χ3n) is 6.18. The number of azo groups is 1. The Morgan fingerprint density at radius 2 is 1.74 bits per heavy atom. The van der Waals surface area contributed by atoms with Crippen molar-refractivity contribution in [2.45, 2.75) is 6.92 Å². The summed E-state index contributed by atoms with van der Waals surface area (Å²) in [5, 5.41) is 43.1. The Morgan fingerprint density at radius 3 is 2.44 bits per heavy atom. The number of para-hydroxylation sites is 1. The van der Waals surface area contributed by atoms with Crippen molar-refractivity contribution in [3.63, 3.8) is 0 Å². The molecule has 3 aromatic carbocycles. The van der Waals surface area contributed by atoms with Gasteiger partial charge in [-0.3, -0.25) is 19.7 Å². The van der Waals surface area contributed by atoms with Crippen LogP contribution in [0, 0.1) is 28.4 Å². The van der Waals surface area contributed by atoms with Gasteiger partial charge in [0.1, 0.15) is 28.9 Å². The summed E-state index contributed by atoms with van der Waals surface area (Å²) >= 11 is 0. The minimum Gasteiger partial charge on any atom is -0.507 e. The molecule has 0 saturated heterocycles. The number of anilines is 3. The predicted octanol–water partition coefficient (Wildman–Crippen LogP) is 5.39. The number of carbonyl (C=O) groups is 2. The van der Waals surface area contributed by atoms with Crippen LogP contribution in [0.25, 0.3) is 0 Å². The van der Waals surface area contributed by atoms with Crippen LogP contribution in [0.2, 0.25) is 0 Å². The summed E-state index contributed by atoms with van der Waals surface area (Å²) in [6.45, 7) is 1.60. The molecule has 0 aliphatic heterocycles. The van der Waals surface area contributed by atoms with Gasteiger partial charge in [-0.1, -0.05) is 30.3 Å². The van der Waals surface area contributed by atoms with E-state index in [9.17, 15) is 30.1 Å². The molecule has 5 rings (SSSR count). The number of nitro groups is 1. The van der Waals surface area contributed by atoms with Crippen molar-refractivity contribution in [3.8, 4) is 11.8 Å². The van der Waals surface area contributed by atoms with Crippen molar-refractivity contribution in [1.29, 1.82) is 5.26 Å². The van der Waals surface area contributed by atoms with Gasteiger partial charge in [-0.2, -0.15) is 5.26 Å². The van der Waals surface area contributed by atoms with E-state index in [1.165, 1.54) is 24.3 Å². The molecule has 12 nitrogen and oxygen atoms in total. The zero-order chi connectivity index (χ0) is 27.8. The molecular weight excluding hydrogens is 502 g/mol. The Hall–Kier alpha value is -5.96. The number of ketones is 2. The lowest BCUT2D eigenvalue weighted by Gasteiger charge is -2.19. The first-order valence-corrected chi connectivity index (χ1v) is 11.4. The van der Waals surface area contributed by atoms with Crippen LogP contribution in [-0.4, -0.2) is 26.6 Å². The highest BCUT2D eigenvalue weighted by Gasteiger charge is 2.39. The zero-order valence-electron chi connectivity index (χ0n) is 20.2. The van der Waals surface area contributed by atoms with Gasteiger partial charge in [0.2, 0.25) is 5.78 Å². The summed E-state index contributed by atoms with van der Waals surface area (Å²) < 4.78 is 0. The summed E-state index contributed by atoms with van der Waals surface area (Å²) in [7, 11) is 0. The van der Waals surface area contributed by atoms with Gasteiger partial charge < -0.3 is 16.2 Å². The molecule has 1 aliphatic carbocycles. The van der Waals surface area contributed by atoms with E-state index in [2.05, 4.69) is 20.5 Å². The number of aromatic hydroxyl groups is 1. The number of nitrogens with zero attached hydrogens (tertiary/aromatic N) is 5. The molecule has 39 heavy (non-hydrogen) atoms. The molecule has 0 atom stereocenters. The van der Waals surface area contributed by atoms with E-state index < -0.39 is 33.5 Å². The lowest BCUT2D eigenvalue weighted by molar-refractivity contribution is -0.385. The summed E-state index contributed by atoms with van der Waals surface area (Å²) in [5.41, 5.74) is 5.18. The number of nitrogens with one attached hydrogen (secondary N) is 1. The zero-order valence-corrected chi connectivity index (χ0v) is 20.2. The van der Waals surface area contributed by atoms with Gasteiger partial charge in [0, 0.05) is 22.9 Å². The van der Waals surface area contributed by atoms with Crippen LogP contribution in [0.5, 0.6) is 5.75 Å². The topological polar surface area (TPSA) is 197 Å². The number of nitro benzene ring substituents is 1. The van der Waals surface area contributed by atoms with Gasteiger partial charge in [-0.25, -0.2) is 4.98 Å². The predicted molar refractivity (Wildman–Crippen MR) is 140 cm³/mol. The molecular formula is C27H17N7O5. The molecule has 0 unspecified atom stereocenters. The average molecular weight is 519 g/mol. The number of benzene rings is 3. The second-order valence-corrected chi connectivity index (χ2v) is 8.47. The molecule has 190 valence electrons. The number of hydrogen-bond donors (Lipinski definition) is 3. The number of phenolic OH excluding ortho intramolecular Hbond substituents is 1. The molecule has 4 N–H and O–H groups in total. The maximum atomic E-state index is 13.5. The highest BCUT2D eigenvalue weighted by atomic mass is 16.6. The van der Waals surface area contributed by atoms with Crippen molar-refractivity contribution in [1.82, 2.24) is 4.98 Å². The number of aromatic nitrogens is 1. The Labute approximate surface area is 220 Å². The second kappa shape index (κ2) is 9.49. The standard InChI is InChI=1S/C27H17N7O5/c1-13-16(12-28)26(29)31-27(30-14-6-3-2-4-7-14)23(13)33-32-17-10-11-18(34(38)39)22-21(17)24(36)15-8-5-9-19(35)20(15)25(22)37/h2-11,35H,1H3,(H3,29,30,31). The monoisotopic (exact) mass is 519 g/mol. The summed E-state index contributed by atoms with van der Waals surface area (Å²) in [6, 6.07) is 17.1. The molecule has 0 spiro atoms. The van der Waals surface area contributed by atoms with E-state index in [0.717, 1.165) is 6.07 Å². The summed E-state index contributed by atoms with van der Waals surface area (Å²) in [6.07, 6.45) is 0. The largest absolute Gasteiger partial charge is 0.507 e. The SMILES string of the molecule is Cc1c(C#N)c(N)nc(Nc2ccccc2)c1N=Nc1ccc([N+](=O)[O-])c2c1C(=O)c1cccc(O)c1C2=O. The van der Waals surface area contributed by atoms with Crippen molar-refractivity contribution in [3.05, 3.63) is 104 Å².